The summed E-state index contributed by atoms with van der Waals surface area (Å²) in [6.45, 7) is 17.1. The molecule has 228 valence electrons. The van der Waals surface area contributed by atoms with Crippen LogP contribution < -0.4 is 0 Å². The van der Waals surface area contributed by atoms with Gasteiger partial charge in [0.1, 0.15) is 6.10 Å². The second kappa shape index (κ2) is 13.9. The lowest BCUT2D eigenvalue weighted by Gasteiger charge is -2.58. The Hall–Kier alpha value is -1.05. The molecule has 0 aromatic rings. The first-order chi connectivity index (χ1) is 19.1. The number of hydrogen-bond acceptors (Lipinski definition) is 2. The van der Waals surface area contributed by atoms with Crippen LogP contribution in [0.15, 0.2) is 23.8 Å². The summed E-state index contributed by atoms with van der Waals surface area (Å²) in [5, 5.41) is 0. The fourth-order valence-electron chi connectivity index (χ4n) is 10.2. The number of ether oxygens (including phenoxy) is 1. The van der Waals surface area contributed by atoms with Gasteiger partial charge in [0.05, 0.1) is 0 Å². The molecule has 0 N–H and O–H groups in total. The van der Waals surface area contributed by atoms with Crippen LogP contribution in [0.5, 0.6) is 0 Å². The van der Waals surface area contributed by atoms with Crippen LogP contribution in [0.25, 0.3) is 0 Å². The van der Waals surface area contributed by atoms with E-state index >= 15 is 0 Å². The van der Waals surface area contributed by atoms with E-state index < -0.39 is 0 Å². The molecule has 0 bridgehead atoms. The van der Waals surface area contributed by atoms with Gasteiger partial charge in [0.2, 0.25) is 0 Å². The van der Waals surface area contributed by atoms with Crippen LogP contribution in [0.4, 0.5) is 0 Å². The maximum Gasteiger partial charge on any atom is 0.306 e. The van der Waals surface area contributed by atoms with E-state index in [4.69, 9.17) is 4.74 Å². The topological polar surface area (TPSA) is 26.3 Å². The van der Waals surface area contributed by atoms with Gasteiger partial charge in [0.25, 0.3) is 0 Å². The summed E-state index contributed by atoms with van der Waals surface area (Å²) in [4.78, 5) is 12.6. The van der Waals surface area contributed by atoms with Crippen molar-refractivity contribution < 1.29 is 9.53 Å². The Kier molecular flexibility index (Phi) is 11.1. The molecule has 2 heteroatoms. The van der Waals surface area contributed by atoms with Crippen LogP contribution in [0, 0.1) is 52.3 Å². The molecule has 0 aliphatic heterocycles. The zero-order chi connectivity index (χ0) is 28.9. The lowest BCUT2D eigenvalue weighted by atomic mass is 9.47. The first kappa shape index (κ1) is 31.9. The molecule has 3 saturated carbocycles. The highest BCUT2D eigenvalue weighted by molar-refractivity contribution is 5.69. The minimum absolute atomic E-state index is 0.0469. The second-order valence-corrected chi connectivity index (χ2v) is 15.4. The molecule has 9 unspecified atom stereocenters. The molecule has 4 aliphatic rings. The number of unbranched alkanes of at least 4 members (excludes halogenated alkanes) is 5. The molecule has 2 nitrogen and oxygen atoms in total. The van der Waals surface area contributed by atoms with Gasteiger partial charge in [0, 0.05) is 12.8 Å². The van der Waals surface area contributed by atoms with Gasteiger partial charge in [0.15, 0.2) is 0 Å². The largest absolute Gasteiger partial charge is 0.462 e. The van der Waals surface area contributed by atoms with Crippen LogP contribution in [-0.4, -0.2) is 12.1 Å². The van der Waals surface area contributed by atoms with Gasteiger partial charge in [-0.15, -0.1) is 0 Å². The maximum absolute atomic E-state index is 12.6. The molecule has 0 aromatic heterocycles. The fourth-order valence-corrected chi connectivity index (χ4v) is 10.2. The zero-order valence-electron chi connectivity index (χ0n) is 27.5. The van der Waals surface area contributed by atoms with Gasteiger partial charge in [-0.1, -0.05) is 104 Å². The summed E-state index contributed by atoms with van der Waals surface area (Å²) in [6.07, 6.45) is 27.2. The summed E-state index contributed by atoms with van der Waals surface area (Å²) in [7, 11) is 0. The van der Waals surface area contributed by atoms with E-state index in [1.54, 1.807) is 5.57 Å². The van der Waals surface area contributed by atoms with Crippen molar-refractivity contribution in [2.45, 2.75) is 157 Å². The molecule has 0 aromatic carbocycles. The molecular weight excluding hydrogens is 488 g/mol. The number of hydrogen-bond donors (Lipinski definition) is 0. The average molecular weight is 553 g/mol. The summed E-state index contributed by atoms with van der Waals surface area (Å²) in [5.74, 6) is 5.56. The Morgan fingerprint density at radius 3 is 2.42 bits per heavy atom. The van der Waals surface area contributed by atoms with Crippen LogP contribution in [0.1, 0.15) is 151 Å². The minimum atomic E-state index is 0.0469. The molecule has 0 radical (unpaired) electrons. The van der Waals surface area contributed by atoms with Crippen molar-refractivity contribution >= 4 is 5.97 Å². The predicted molar refractivity (Wildman–Crippen MR) is 170 cm³/mol. The molecule has 9 atom stereocenters. The Labute approximate surface area is 248 Å². The highest BCUT2D eigenvalue weighted by Crippen LogP contribution is 2.67. The van der Waals surface area contributed by atoms with Crippen LogP contribution in [0.3, 0.4) is 0 Å². The van der Waals surface area contributed by atoms with Gasteiger partial charge in [-0.2, -0.15) is 0 Å². The van der Waals surface area contributed by atoms with Gasteiger partial charge in [-0.25, -0.2) is 0 Å². The highest BCUT2D eigenvalue weighted by Gasteiger charge is 2.59. The van der Waals surface area contributed by atoms with E-state index in [1.807, 2.05) is 0 Å². The SMILES string of the molecule is CCCCCCCCC(=O)OC1CCC2(C)C(=CCC3C2CCC2(C)C(C(C)/C=C/C(CC)C(C)C)CCC32)C1. The number of carbonyl (C=O) groups is 1. The smallest absolute Gasteiger partial charge is 0.306 e. The van der Waals surface area contributed by atoms with E-state index in [0.29, 0.717) is 23.2 Å². The van der Waals surface area contributed by atoms with Gasteiger partial charge >= 0.3 is 5.97 Å². The molecule has 4 aliphatic carbocycles. The number of esters is 1. The third-order valence-electron chi connectivity index (χ3n) is 12.8. The van der Waals surface area contributed by atoms with Crippen molar-refractivity contribution in [2.75, 3.05) is 0 Å². The van der Waals surface area contributed by atoms with Crippen molar-refractivity contribution in [1.82, 2.24) is 0 Å². The van der Waals surface area contributed by atoms with E-state index in [9.17, 15) is 4.79 Å². The minimum Gasteiger partial charge on any atom is -0.462 e. The van der Waals surface area contributed by atoms with E-state index in [2.05, 4.69) is 66.7 Å². The number of carbonyl (C=O) groups excluding carboxylic acids is 1. The molecule has 40 heavy (non-hydrogen) atoms. The Morgan fingerprint density at radius 2 is 1.70 bits per heavy atom. The fraction of sp³-hybridized carbons (Fsp3) is 0.868. The zero-order valence-corrected chi connectivity index (χ0v) is 27.5. The summed E-state index contributed by atoms with van der Waals surface area (Å²) < 4.78 is 6.05. The Bertz CT molecular complexity index is 884. The molecular formula is C38H64O2. The normalized spacial score (nSPS) is 37.0. The Balaban J connectivity index is 1.34. The molecule has 0 spiro atoms. The number of fused-ring (bicyclic) bond motifs is 5. The second-order valence-electron chi connectivity index (χ2n) is 15.4. The van der Waals surface area contributed by atoms with E-state index in [1.165, 1.54) is 77.0 Å². The van der Waals surface area contributed by atoms with Crippen LogP contribution in [-0.2, 0) is 9.53 Å². The van der Waals surface area contributed by atoms with E-state index in [-0.39, 0.29) is 12.1 Å². The number of allylic oxidation sites excluding steroid dienone is 3. The lowest BCUT2D eigenvalue weighted by molar-refractivity contribution is -0.151. The van der Waals surface area contributed by atoms with Gasteiger partial charge in [-0.3, -0.25) is 4.79 Å². The standard InChI is InChI=1S/C38H64O2/c1-8-10-11-12-13-14-15-36(39)40-31-22-24-37(6)30(26-31)18-19-32-34-21-20-33(38(34,7)25-23-35(32)37)28(5)16-17-29(9-2)27(3)4/h16-18,27-29,31-35H,8-15,19-26H2,1-7H3/b17-16+. The molecule has 3 fully saturated rings. The highest BCUT2D eigenvalue weighted by atomic mass is 16.5. The van der Waals surface area contributed by atoms with Crippen molar-refractivity contribution in [3.8, 4) is 0 Å². The van der Waals surface area contributed by atoms with Crippen LogP contribution in [0.2, 0.25) is 0 Å². The molecule has 0 saturated heterocycles. The molecule has 0 heterocycles. The predicted octanol–water partition coefficient (Wildman–Crippen LogP) is 11.1. The third-order valence-corrected chi connectivity index (χ3v) is 12.8. The average Bonchev–Trinajstić information content (AvgIpc) is 3.28. The number of rotatable bonds is 13. The summed E-state index contributed by atoms with van der Waals surface area (Å²) >= 11 is 0. The van der Waals surface area contributed by atoms with Gasteiger partial charge in [-0.05, 0) is 110 Å². The van der Waals surface area contributed by atoms with Gasteiger partial charge < -0.3 is 4.74 Å². The monoisotopic (exact) mass is 552 g/mol. The first-order valence-electron chi connectivity index (χ1n) is 17.7. The Morgan fingerprint density at radius 1 is 0.950 bits per heavy atom. The quantitative estimate of drug-likeness (QED) is 0.129. The van der Waals surface area contributed by atoms with Crippen molar-refractivity contribution in [2.24, 2.45) is 52.3 Å². The molecule has 4 rings (SSSR count). The maximum atomic E-state index is 12.6. The first-order valence-corrected chi connectivity index (χ1v) is 17.7. The van der Waals surface area contributed by atoms with Crippen molar-refractivity contribution in [3.63, 3.8) is 0 Å². The summed E-state index contributed by atoms with van der Waals surface area (Å²) in [6, 6.07) is 0. The third kappa shape index (κ3) is 6.78. The summed E-state index contributed by atoms with van der Waals surface area (Å²) in [5.41, 5.74) is 2.45. The van der Waals surface area contributed by atoms with E-state index in [0.717, 1.165) is 54.8 Å². The molecule has 0 amide bonds. The van der Waals surface area contributed by atoms with Crippen LogP contribution >= 0.6 is 0 Å². The lowest BCUT2D eigenvalue weighted by Crippen LogP contribution is -2.51. The van der Waals surface area contributed by atoms with Crippen molar-refractivity contribution in [1.29, 1.82) is 0 Å². The van der Waals surface area contributed by atoms with Crippen molar-refractivity contribution in [3.05, 3.63) is 23.8 Å².